The molecule has 2 nitrogen and oxygen atoms in total. The van der Waals surface area contributed by atoms with E-state index in [0.29, 0.717) is 0 Å². The second kappa shape index (κ2) is 4.02. The SMILES string of the molecule is [C]1=C(c2cc3ccccc3o2)Cc2ccccc2O1. The van der Waals surface area contributed by atoms with E-state index in [1.54, 1.807) is 0 Å². The van der Waals surface area contributed by atoms with Crippen LogP contribution in [0.15, 0.2) is 59.0 Å². The molecule has 1 radical (unpaired) electrons. The first-order valence-corrected chi connectivity index (χ1v) is 6.26. The van der Waals surface area contributed by atoms with E-state index < -0.39 is 0 Å². The summed E-state index contributed by atoms with van der Waals surface area (Å²) in [5.41, 5.74) is 3.01. The zero-order chi connectivity index (χ0) is 12.7. The number of ether oxygens (including phenoxy) is 1. The van der Waals surface area contributed by atoms with Crippen LogP contribution in [-0.4, -0.2) is 0 Å². The lowest BCUT2D eigenvalue weighted by atomic mass is 10.0. The molecule has 0 bridgehead atoms. The molecule has 1 aliphatic rings. The average molecular weight is 247 g/mol. The summed E-state index contributed by atoms with van der Waals surface area (Å²) in [5, 5.41) is 1.10. The number of furan rings is 1. The molecular weight excluding hydrogens is 236 g/mol. The fourth-order valence-corrected chi connectivity index (χ4v) is 2.36. The van der Waals surface area contributed by atoms with E-state index in [1.165, 1.54) is 0 Å². The van der Waals surface area contributed by atoms with E-state index in [4.69, 9.17) is 9.15 Å². The second-order valence-electron chi connectivity index (χ2n) is 4.62. The van der Waals surface area contributed by atoms with Crippen LogP contribution < -0.4 is 4.74 Å². The van der Waals surface area contributed by atoms with Gasteiger partial charge in [0.1, 0.15) is 17.1 Å². The Morgan fingerprint density at radius 2 is 1.79 bits per heavy atom. The summed E-state index contributed by atoms with van der Waals surface area (Å²) in [6.07, 6.45) is 3.76. The van der Waals surface area contributed by atoms with Crippen LogP contribution >= 0.6 is 0 Å². The van der Waals surface area contributed by atoms with Gasteiger partial charge in [-0.2, -0.15) is 0 Å². The van der Waals surface area contributed by atoms with Gasteiger partial charge in [-0.1, -0.05) is 36.4 Å². The van der Waals surface area contributed by atoms with Crippen LogP contribution in [0.5, 0.6) is 5.75 Å². The molecule has 1 aromatic heterocycles. The number of allylic oxidation sites excluding steroid dienone is 1. The van der Waals surface area contributed by atoms with E-state index in [0.717, 1.165) is 40.0 Å². The smallest absolute Gasteiger partial charge is 0.177 e. The minimum Gasteiger partial charge on any atom is -0.456 e. The highest BCUT2D eigenvalue weighted by molar-refractivity contribution is 5.82. The van der Waals surface area contributed by atoms with Crippen molar-refractivity contribution in [1.29, 1.82) is 0 Å². The van der Waals surface area contributed by atoms with Crippen LogP contribution in [0.2, 0.25) is 0 Å². The van der Waals surface area contributed by atoms with Crippen LogP contribution in [0.4, 0.5) is 0 Å². The Balaban J connectivity index is 1.76. The van der Waals surface area contributed by atoms with Crippen molar-refractivity contribution in [1.82, 2.24) is 0 Å². The number of benzene rings is 2. The van der Waals surface area contributed by atoms with Gasteiger partial charge in [-0.15, -0.1) is 0 Å². The van der Waals surface area contributed by atoms with Crippen LogP contribution in [0.1, 0.15) is 11.3 Å². The quantitative estimate of drug-likeness (QED) is 0.642. The number of fused-ring (bicyclic) bond motifs is 2. The van der Waals surface area contributed by atoms with Crippen molar-refractivity contribution >= 4 is 16.5 Å². The van der Waals surface area contributed by atoms with Crippen molar-refractivity contribution < 1.29 is 9.15 Å². The second-order valence-corrected chi connectivity index (χ2v) is 4.62. The minimum atomic E-state index is 0.788. The van der Waals surface area contributed by atoms with Crippen LogP contribution in [0.25, 0.3) is 16.5 Å². The zero-order valence-electron chi connectivity index (χ0n) is 10.2. The normalized spacial score (nSPS) is 13.8. The summed E-state index contributed by atoms with van der Waals surface area (Å²) >= 11 is 0. The van der Waals surface area contributed by atoms with Gasteiger partial charge >= 0.3 is 0 Å². The summed E-state index contributed by atoms with van der Waals surface area (Å²) in [6.45, 7) is 0. The molecule has 0 amide bonds. The summed E-state index contributed by atoms with van der Waals surface area (Å²) < 4.78 is 11.4. The maximum atomic E-state index is 5.84. The minimum absolute atomic E-state index is 0.788. The third kappa shape index (κ3) is 1.73. The first kappa shape index (κ1) is 10.4. The molecule has 0 unspecified atom stereocenters. The molecule has 2 heterocycles. The Morgan fingerprint density at radius 1 is 0.947 bits per heavy atom. The Bertz CT molecular complexity index is 748. The van der Waals surface area contributed by atoms with E-state index in [2.05, 4.69) is 12.3 Å². The Morgan fingerprint density at radius 3 is 2.74 bits per heavy atom. The number of hydrogen-bond donors (Lipinski definition) is 0. The van der Waals surface area contributed by atoms with E-state index >= 15 is 0 Å². The van der Waals surface area contributed by atoms with Crippen molar-refractivity contribution in [3.8, 4) is 5.75 Å². The molecule has 2 aromatic carbocycles. The lowest BCUT2D eigenvalue weighted by molar-refractivity contribution is 0.438. The van der Waals surface area contributed by atoms with E-state index in [9.17, 15) is 0 Å². The van der Waals surface area contributed by atoms with Gasteiger partial charge in [0.2, 0.25) is 0 Å². The predicted octanol–water partition coefficient (Wildman–Crippen LogP) is 4.21. The molecule has 0 aliphatic carbocycles. The molecule has 0 atom stereocenters. The fraction of sp³-hybridized carbons (Fsp3) is 0.0588. The molecule has 3 aromatic rings. The summed E-state index contributed by atoms with van der Waals surface area (Å²) in [7, 11) is 0. The lowest BCUT2D eigenvalue weighted by Crippen LogP contribution is -2.02. The van der Waals surface area contributed by atoms with Crippen molar-refractivity contribution in [2.45, 2.75) is 6.42 Å². The molecule has 2 heteroatoms. The van der Waals surface area contributed by atoms with Gasteiger partial charge in [-0.25, -0.2) is 0 Å². The van der Waals surface area contributed by atoms with E-state index in [-0.39, 0.29) is 0 Å². The van der Waals surface area contributed by atoms with Gasteiger partial charge in [0.15, 0.2) is 6.26 Å². The van der Waals surface area contributed by atoms with Gasteiger partial charge in [-0.3, -0.25) is 0 Å². The molecule has 0 N–H and O–H groups in total. The third-order valence-electron chi connectivity index (χ3n) is 3.35. The lowest BCUT2D eigenvalue weighted by Gasteiger charge is -2.14. The molecule has 19 heavy (non-hydrogen) atoms. The Kier molecular flexibility index (Phi) is 2.21. The van der Waals surface area contributed by atoms with Crippen molar-refractivity contribution in [3.05, 3.63) is 72.2 Å². The molecule has 0 spiro atoms. The highest BCUT2D eigenvalue weighted by atomic mass is 16.5. The van der Waals surface area contributed by atoms with Gasteiger partial charge in [0.05, 0.1) is 0 Å². The van der Waals surface area contributed by atoms with Gasteiger partial charge in [-0.05, 0) is 23.8 Å². The number of para-hydroxylation sites is 2. The maximum absolute atomic E-state index is 5.84. The number of hydrogen-bond acceptors (Lipinski definition) is 2. The molecule has 91 valence electrons. The summed E-state index contributed by atoms with van der Waals surface area (Å²) in [4.78, 5) is 0. The van der Waals surface area contributed by atoms with Gasteiger partial charge < -0.3 is 9.15 Å². The van der Waals surface area contributed by atoms with Crippen LogP contribution in [-0.2, 0) is 6.42 Å². The van der Waals surface area contributed by atoms with E-state index in [1.807, 2.05) is 48.5 Å². The highest BCUT2D eigenvalue weighted by Crippen LogP contribution is 2.32. The summed E-state index contributed by atoms with van der Waals surface area (Å²) in [6, 6.07) is 18.0. The standard InChI is InChI=1S/C17H11O2/c1-3-7-15-12(5-1)9-14(11-18-15)17-10-13-6-2-4-8-16(13)19-17/h1-8,10H,9H2. The van der Waals surface area contributed by atoms with Gasteiger partial charge in [0, 0.05) is 17.4 Å². The maximum Gasteiger partial charge on any atom is 0.177 e. The van der Waals surface area contributed by atoms with Crippen molar-refractivity contribution in [3.63, 3.8) is 0 Å². The Hall–Kier alpha value is -2.48. The van der Waals surface area contributed by atoms with Crippen LogP contribution in [0.3, 0.4) is 0 Å². The first-order valence-electron chi connectivity index (χ1n) is 6.26. The molecular formula is C17H11O2. The highest BCUT2D eigenvalue weighted by Gasteiger charge is 2.17. The molecule has 0 saturated carbocycles. The molecule has 4 rings (SSSR count). The monoisotopic (exact) mass is 247 g/mol. The number of rotatable bonds is 1. The predicted molar refractivity (Wildman–Crippen MR) is 73.6 cm³/mol. The van der Waals surface area contributed by atoms with Crippen molar-refractivity contribution in [2.75, 3.05) is 0 Å². The third-order valence-corrected chi connectivity index (χ3v) is 3.35. The molecule has 1 aliphatic heterocycles. The fourth-order valence-electron chi connectivity index (χ4n) is 2.36. The zero-order valence-corrected chi connectivity index (χ0v) is 10.2. The largest absolute Gasteiger partial charge is 0.456 e. The topological polar surface area (TPSA) is 22.4 Å². The Labute approximate surface area is 110 Å². The molecule has 0 saturated heterocycles. The molecule has 0 fully saturated rings. The first-order chi connectivity index (χ1) is 9.40. The van der Waals surface area contributed by atoms with Crippen LogP contribution in [0, 0.1) is 6.26 Å². The van der Waals surface area contributed by atoms with Gasteiger partial charge in [0.25, 0.3) is 0 Å². The van der Waals surface area contributed by atoms with Crippen molar-refractivity contribution in [2.24, 2.45) is 0 Å². The average Bonchev–Trinajstić information content (AvgIpc) is 2.90. The summed E-state index contributed by atoms with van der Waals surface area (Å²) in [5.74, 6) is 1.71.